The zero-order chi connectivity index (χ0) is 18.6. The van der Waals surface area contributed by atoms with E-state index in [0.29, 0.717) is 13.2 Å². The number of nitrogens with one attached hydrogen (secondary N) is 1. The van der Waals surface area contributed by atoms with Gasteiger partial charge in [0, 0.05) is 37.7 Å². The minimum absolute atomic E-state index is 0. The second-order valence-electron chi connectivity index (χ2n) is 7.46. The van der Waals surface area contributed by atoms with Gasteiger partial charge in [-0.15, -0.1) is 24.8 Å². The highest BCUT2D eigenvalue weighted by Gasteiger charge is 2.26. The lowest BCUT2D eigenvalue weighted by molar-refractivity contribution is -0.119. The summed E-state index contributed by atoms with van der Waals surface area (Å²) in [6.45, 7) is 3.32. The van der Waals surface area contributed by atoms with Crippen molar-refractivity contribution in [2.45, 2.75) is 31.8 Å². The van der Waals surface area contributed by atoms with Gasteiger partial charge in [-0.2, -0.15) is 0 Å². The lowest BCUT2D eigenvalue weighted by atomic mass is 9.92. The molecule has 1 fully saturated rings. The Bertz CT molecular complexity index is 795. The molecule has 1 atom stereocenters. The van der Waals surface area contributed by atoms with Crippen molar-refractivity contribution in [1.82, 2.24) is 0 Å². The number of para-hydroxylation sites is 1. The van der Waals surface area contributed by atoms with Crippen LogP contribution >= 0.6 is 24.8 Å². The summed E-state index contributed by atoms with van der Waals surface area (Å²) in [6.07, 6.45) is 2.81. The Hall–Kier alpha value is -1.79. The van der Waals surface area contributed by atoms with E-state index in [0.717, 1.165) is 38.0 Å². The molecule has 0 radical (unpaired) electrons. The van der Waals surface area contributed by atoms with E-state index in [1.54, 1.807) is 0 Å². The Labute approximate surface area is 184 Å². The van der Waals surface area contributed by atoms with Crippen molar-refractivity contribution in [1.29, 1.82) is 0 Å². The van der Waals surface area contributed by atoms with Crippen LogP contribution in [0.1, 0.15) is 24.0 Å². The van der Waals surface area contributed by atoms with E-state index in [-0.39, 0.29) is 36.6 Å². The van der Waals surface area contributed by atoms with Crippen LogP contribution in [0.25, 0.3) is 0 Å². The molecule has 2 heterocycles. The number of nitrogens with two attached hydrogens (primary N) is 1. The average molecular weight is 438 g/mol. The maximum absolute atomic E-state index is 12.4. The first-order valence-electron chi connectivity index (χ1n) is 9.77. The minimum atomic E-state index is -0.477. The zero-order valence-corrected chi connectivity index (χ0v) is 18.0. The summed E-state index contributed by atoms with van der Waals surface area (Å²) in [6, 6.07) is 16.2. The molecule has 3 N–H and O–H groups in total. The van der Waals surface area contributed by atoms with Crippen LogP contribution in [0, 0.1) is 5.92 Å². The molecule has 2 aromatic carbocycles. The number of carbonyl (C=O) groups excluding carboxylic acids is 1. The summed E-state index contributed by atoms with van der Waals surface area (Å²) >= 11 is 0. The smallest absolute Gasteiger partial charge is 0.241 e. The molecule has 158 valence electrons. The molecule has 1 saturated heterocycles. The number of rotatable bonds is 5. The maximum atomic E-state index is 12.4. The summed E-state index contributed by atoms with van der Waals surface area (Å²) < 4.78 is 5.35. The number of carbonyl (C=O) groups is 1. The third-order valence-electron chi connectivity index (χ3n) is 5.65. The predicted octanol–water partition coefficient (Wildman–Crippen LogP) is 3.79. The van der Waals surface area contributed by atoms with E-state index < -0.39 is 6.04 Å². The topological polar surface area (TPSA) is 67.6 Å². The number of fused-ring (bicyclic) bond motifs is 1. The molecule has 1 unspecified atom stereocenters. The van der Waals surface area contributed by atoms with Crippen molar-refractivity contribution < 1.29 is 9.53 Å². The molecule has 0 bridgehead atoms. The van der Waals surface area contributed by atoms with E-state index >= 15 is 0 Å². The Morgan fingerprint density at radius 1 is 1.10 bits per heavy atom. The normalized spacial score (nSPS) is 16.9. The fourth-order valence-electron chi connectivity index (χ4n) is 4.00. The summed E-state index contributed by atoms with van der Waals surface area (Å²) in [5.41, 5.74) is 10.9. The van der Waals surface area contributed by atoms with Crippen LogP contribution in [0.3, 0.4) is 0 Å². The number of benzene rings is 2. The van der Waals surface area contributed by atoms with Crippen molar-refractivity contribution in [3.05, 3.63) is 59.7 Å². The molecule has 29 heavy (non-hydrogen) atoms. The SMILES string of the molecule is Cl.Cl.NC(C(=O)Nc1ccc(CN2CCc3ccccc32)cc1)C1CCOCC1. The number of anilines is 2. The first-order valence-corrected chi connectivity index (χ1v) is 9.77. The lowest BCUT2D eigenvalue weighted by Crippen LogP contribution is -2.44. The van der Waals surface area contributed by atoms with Gasteiger partial charge in [0.2, 0.25) is 5.91 Å². The quantitative estimate of drug-likeness (QED) is 0.746. The van der Waals surface area contributed by atoms with Gasteiger partial charge in [0.25, 0.3) is 0 Å². The summed E-state index contributed by atoms with van der Waals surface area (Å²) in [7, 11) is 0. The van der Waals surface area contributed by atoms with Crippen LogP contribution in [0.4, 0.5) is 11.4 Å². The lowest BCUT2D eigenvalue weighted by Gasteiger charge is -2.26. The Balaban J connectivity index is 0.00000150. The summed E-state index contributed by atoms with van der Waals surface area (Å²) in [5.74, 6) is 0.0939. The van der Waals surface area contributed by atoms with Gasteiger partial charge in [0.05, 0.1) is 6.04 Å². The molecule has 7 heteroatoms. The van der Waals surface area contributed by atoms with Gasteiger partial charge in [0.15, 0.2) is 0 Å². The predicted molar refractivity (Wildman–Crippen MR) is 122 cm³/mol. The third-order valence-corrected chi connectivity index (χ3v) is 5.65. The number of hydrogen-bond donors (Lipinski definition) is 2. The highest BCUT2D eigenvalue weighted by molar-refractivity contribution is 5.94. The molecular formula is C22H29Cl2N3O2. The number of halogens is 2. The van der Waals surface area contributed by atoms with E-state index in [2.05, 4.69) is 46.6 Å². The van der Waals surface area contributed by atoms with Gasteiger partial charge < -0.3 is 20.7 Å². The monoisotopic (exact) mass is 437 g/mol. The van der Waals surface area contributed by atoms with E-state index in [1.807, 2.05) is 12.1 Å². The van der Waals surface area contributed by atoms with Crippen LogP contribution in [0.15, 0.2) is 48.5 Å². The van der Waals surface area contributed by atoms with Crippen LogP contribution < -0.4 is 16.0 Å². The first kappa shape index (κ1) is 23.5. The van der Waals surface area contributed by atoms with Crippen LogP contribution in [0.2, 0.25) is 0 Å². The standard InChI is InChI=1S/C22H27N3O2.2ClH/c23-21(18-10-13-27-14-11-18)22(26)24-19-7-5-16(6-8-19)15-25-12-9-17-3-1-2-4-20(17)25;;/h1-8,18,21H,9-15,23H2,(H,24,26);2*1H. The highest BCUT2D eigenvalue weighted by Crippen LogP contribution is 2.29. The molecule has 2 aromatic rings. The second-order valence-corrected chi connectivity index (χ2v) is 7.46. The molecule has 0 aliphatic carbocycles. The van der Waals surface area contributed by atoms with Crippen molar-refractivity contribution in [2.24, 2.45) is 11.7 Å². The Morgan fingerprint density at radius 3 is 2.52 bits per heavy atom. The number of nitrogens with zero attached hydrogens (tertiary/aromatic N) is 1. The van der Waals surface area contributed by atoms with Crippen LogP contribution in [0.5, 0.6) is 0 Å². The highest BCUT2D eigenvalue weighted by atomic mass is 35.5. The molecule has 0 spiro atoms. The average Bonchev–Trinajstić information content (AvgIpc) is 3.12. The van der Waals surface area contributed by atoms with Crippen LogP contribution in [-0.2, 0) is 22.5 Å². The van der Waals surface area contributed by atoms with Gasteiger partial charge >= 0.3 is 0 Å². The first-order chi connectivity index (χ1) is 13.2. The Morgan fingerprint density at radius 2 is 1.79 bits per heavy atom. The molecule has 1 amide bonds. The summed E-state index contributed by atoms with van der Waals surface area (Å²) in [4.78, 5) is 14.8. The van der Waals surface area contributed by atoms with E-state index in [9.17, 15) is 4.79 Å². The fraction of sp³-hybridized carbons (Fsp3) is 0.409. The van der Waals surface area contributed by atoms with Gasteiger partial charge in [0.1, 0.15) is 0 Å². The van der Waals surface area contributed by atoms with Crippen molar-refractivity contribution in [3.63, 3.8) is 0 Å². The molecule has 5 nitrogen and oxygen atoms in total. The van der Waals surface area contributed by atoms with Gasteiger partial charge in [-0.05, 0) is 54.5 Å². The minimum Gasteiger partial charge on any atom is -0.381 e. The van der Waals surface area contributed by atoms with E-state index in [4.69, 9.17) is 10.5 Å². The molecule has 4 rings (SSSR count). The van der Waals surface area contributed by atoms with E-state index in [1.165, 1.54) is 16.8 Å². The third kappa shape index (κ3) is 5.64. The van der Waals surface area contributed by atoms with Crippen molar-refractivity contribution >= 4 is 42.1 Å². The molecule has 2 aliphatic rings. The number of ether oxygens (including phenoxy) is 1. The van der Waals surface area contributed by atoms with Crippen molar-refractivity contribution in [3.8, 4) is 0 Å². The molecule has 0 aromatic heterocycles. The molecule has 2 aliphatic heterocycles. The maximum Gasteiger partial charge on any atom is 0.241 e. The van der Waals surface area contributed by atoms with Crippen LogP contribution in [-0.4, -0.2) is 31.7 Å². The van der Waals surface area contributed by atoms with Gasteiger partial charge in [-0.3, -0.25) is 4.79 Å². The Kier molecular flexibility index (Phi) is 8.78. The fourth-order valence-corrected chi connectivity index (χ4v) is 4.00. The largest absolute Gasteiger partial charge is 0.381 e. The van der Waals surface area contributed by atoms with Crippen molar-refractivity contribution in [2.75, 3.05) is 30.0 Å². The molecular weight excluding hydrogens is 409 g/mol. The second kappa shape index (κ2) is 10.8. The number of amides is 1. The zero-order valence-electron chi connectivity index (χ0n) is 16.4. The van der Waals surface area contributed by atoms with Gasteiger partial charge in [-0.25, -0.2) is 0 Å². The molecule has 0 saturated carbocycles. The number of hydrogen-bond acceptors (Lipinski definition) is 4. The summed E-state index contributed by atoms with van der Waals surface area (Å²) in [5, 5.41) is 2.96. The van der Waals surface area contributed by atoms with Gasteiger partial charge in [-0.1, -0.05) is 30.3 Å².